The molecule has 1 aliphatic carbocycles. The van der Waals surface area contributed by atoms with E-state index < -0.39 is 0 Å². The van der Waals surface area contributed by atoms with Crippen molar-refractivity contribution >= 4 is 11.6 Å². The van der Waals surface area contributed by atoms with Crippen molar-refractivity contribution in [2.45, 2.75) is 25.7 Å². The van der Waals surface area contributed by atoms with Crippen molar-refractivity contribution in [3.63, 3.8) is 0 Å². The molecule has 0 aromatic heterocycles. The molecule has 1 aromatic carbocycles. The maximum Gasteiger partial charge on any atom is 0.119 e. The Labute approximate surface area is 96.4 Å². The van der Waals surface area contributed by atoms with Crippen molar-refractivity contribution in [2.24, 2.45) is 5.92 Å². The summed E-state index contributed by atoms with van der Waals surface area (Å²) in [6.07, 6.45) is 4.80. The molecule has 0 bridgehead atoms. The molecule has 82 valence electrons. The van der Waals surface area contributed by atoms with E-state index >= 15 is 0 Å². The van der Waals surface area contributed by atoms with Crippen molar-refractivity contribution in [3.05, 3.63) is 29.3 Å². The van der Waals surface area contributed by atoms with E-state index in [1.165, 1.54) is 30.4 Å². The maximum absolute atomic E-state index is 5.72. The van der Waals surface area contributed by atoms with Gasteiger partial charge in [0.05, 0.1) is 7.11 Å². The molecule has 0 fully saturated rings. The summed E-state index contributed by atoms with van der Waals surface area (Å²) in [6.45, 7) is 0. The van der Waals surface area contributed by atoms with E-state index in [1.54, 1.807) is 7.11 Å². The largest absolute Gasteiger partial charge is 0.497 e. The van der Waals surface area contributed by atoms with Gasteiger partial charge < -0.3 is 4.74 Å². The van der Waals surface area contributed by atoms with Crippen LogP contribution < -0.4 is 4.74 Å². The van der Waals surface area contributed by atoms with Gasteiger partial charge in [-0.3, -0.25) is 0 Å². The molecule has 2 heteroatoms. The zero-order valence-corrected chi connectivity index (χ0v) is 9.89. The molecule has 2 rings (SSSR count). The first-order chi connectivity index (χ1) is 7.33. The van der Waals surface area contributed by atoms with E-state index in [2.05, 4.69) is 18.2 Å². The van der Waals surface area contributed by atoms with Crippen molar-refractivity contribution < 1.29 is 4.74 Å². The number of ether oxygens (including phenoxy) is 1. The molecule has 0 spiro atoms. The van der Waals surface area contributed by atoms with E-state index in [4.69, 9.17) is 16.3 Å². The van der Waals surface area contributed by atoms with E-state index in [9.17, 15) is 0 Å². The van der Waals surface area contributed by atoms with Crippen LogP contribution in [-0.2, 0) is 12.8 Å². The van der Waals surface area contributed by atoms with Crippen LogP contribution in [0.5, 0.6) is 5.75 Å². The molecule has 0 heterocycles. The van der Waals surface area contributed by atoms with E-state index in [0.29, 0.717) is 0 Å². The summed E-state index contributed by atoms with van der Waals surface area (Å²) >= 11 is 5.72. The van der Waals surface area contributed by atoms with Crippen LogP contribution in [0.3, 0.4) is 0 Å². The number of fused-ring (bicyclic) bond motifs is 1. The van der Waals surface area contributed by atoms with Crippen LogP contribution in [-0.4, -0.2) is 13.0 Å². The van der Waals surface area contributed by atoms with Gasteiger partial charge in [0.1, 0.15) is 5.75 Å². The maximum atomic E-state index is 5.72. The second-order valence-electron chi connectivity index (χ2n) is 4.24. The molecule has 0 radical (unpaired) electrons. The third-order valence-electron chi connectivity index (χ3n) is 3.18. The topological polar surface area (TPSA) is 9.23 Å². The van der Waals surface area contributed by atoms with Crippen molar-refractivity contribution in [1.82, 2.24) is 0 Å². The molecule has 0 N–H and O–H groups in total. The lowest BCUT2D eigenvalue weighted by molar-refractivity contribution is 0.414. The van der Waals surface area contributed by atoms with Crippen LogP contribution in [0.15, 0.2) is 18.2 Å². The summed E-state index contributed by atoms with van der Waals surface area (Å²) in [5.41, 5.74) is 2.96. The number of alkyl halides is 1. The van der Waals surface area contributed by atoms with Crippen LogP contribution >= 0.6 is 11.6 Å². The molecule has 0 saturated carbocycles. The lowest BCUT2D eigenvalue weighted by Gasteiger charge is -2.05. The molecular formula is C13H17ClO. The third kappa shape index (κ3) is 2.46. The summed E-state index contributed by atoms with van der Waals surface area (Å²) in [6, 6.07) is 6.44. The van der Waals surface area contributed by atoms with Crippen LogP contribution in [0.2, 0.25) is 0 Å². The van der Waals surface area contributed by atoms with Gasteiger partial charge in [0, 0.05) is 5.88 Å². The SMILES string of the molecule is COc1ccc2c(c1)CC(CCCCl)C2. The number of halogens is 1. The Morgan fingerprint density at radius 3 is 2.87 bits per heavy atom. The second kappa shape index (κ2) is 4.89. The van der Waals surface area contributed by atoms with E-state index in [1.807, 2.05) is 0 Å². The highest BCUT2D eigenvalue weighted by atomic mass is 35.5. The van der Waals surface area contributed by atoms with Gasteiger partial charge in [-0.2, -0.15) is 0 Å². The average Bonchev–Trinajstić information content (AvgIpc) is 2.67. The monoisotopic (exact) mass is 224 g/mol. The number of hydrogen-bond donors (Lipinski definition) is 0. The summed E-state index contributed by atoms with van der Waals surface area (Å²) in [5.74, 6) is 2.56. The second-order valence-corrected chi connectivity index (χ2v) is 4.62. The van der Waals surface area contributed by atoms with Gasteiger partial charge >= 0.3 is 0 Å². The van der Waals surface area contributed by atoms with Gasteiger partial charge in [0.15, 0.2) is 0 Å². The first-order valence-corrected chi connectivity index (χ1v) is 6.08. The first-order valence-electron chi connectivity index (χ1n) is 5.55. The smallest absolute Gasteiger partial charge is 0.119 e. The Morgan fingerprint density at radius 2 is 2.13 bits per heavy atom. The fourth-order valence-electron chi connectivity index (χ4n) is 2.38. The van der Waals surface area contributed by atoms with E-state index in [0.717, 1.165) is 24.0 Å². The third-order valence-corrected chi connectivity index (χ3v) is 3.44. The molecular weight excluding hydrogens is 208 g/mol. The number of hydrogen-bond acceptors (Lipinski definition) is 1. The summed E-state index contributed by atoms with van der Waals surface area (Å²) < 4.78 is 5.23. The van der Waals surface area contributed by atoms with Gasteiger partial charge in [0.25, 0.3) is 0 Å². The molecule has 1 aromatic rings. The molecule has 1 atom stereocenters. The zero-order valence-electron chi connectivity index (χ0n) is 9.13. The minimum atomic E-state index is 0.788. The average molecular weight is 225 g/mol. The standard InChI is InChI=1S/C13H17ClO/c1-15-13-5-4-11-7-10(3-2-6-14)8-12(11)9-13/h4-5,9-10H,2-3,6-8H2,1H3. The lowest BCUT2D eigenvalue weighted by atomic mass is 10.0. The summed E-state index contributed by atoms with van der Waals surface area (Å²) in [4.78, 5) is 0. The minimum absolute atomic E-state index is 0.788. The molecule has 0 amide bonds. The first kappa shape index (κ1) is 10.8. The van der Waals surface area contributed by atoms with Gasteiger partial charge in [-0.05, 0) is 54.9 Å². The van der Waals surface area contributed by atoms with Gasteiger partial charge in [-0.1, -0.05) is 6.07 Å². The number of rotatable bonds is 4. The quantitative estimate of drug-likeness (QED) is 0.712. The number of benzene rings is 1. The highest BCUT2D eigenvalue weighted by Crippen LogP contribution is 2.32. The van der Waals surface area contributed by atoms with Gasteiger partial charge in [-0.25, -0.2) is 0 Å². The summed E-state index contributed by atoms with van der Waals surface area (Å²) in [7, 11) is 1.72. The van der Waals surface area contributed by atoms with Crippen molar-refractivity contribution in [2.75, 3.05) is 13.0 Å². The number of methoxy groups -OCH3 is 1. The highest BCUT2D eigenvalue weighted by molar-refractivity contribution is 6.17. The predicted molar refractivity (Wildman–Crippen MR) is 63.8 cm³/mol. The predicted octanol–water partition coefficient (Wildman–Crippen LogP) is 3.43. The molecule has 15 heavy (non-hydrogen) atoms. The minimum Gasteiger partial charge on any atom is -0.497 e. The van der Waals surface area contributed by atoms with Gasteiger partial charge in [-0.15, -0.1) is 11.6 Å². The fraction of sp³-hybridized carbons (Fsp3) is 0.538. The highest BCUT2D eigenvalue weighted by Gasteiger charge is 2.21. The van der Waals surface area contributed by atoms with E-state index in [-0.39, 0.29) is 0 Å². The van der Waals surface area contributed by atoms with Crippen LogP contribution in [0.25, 0.3) is 0 Å². The van der Waals surface area contributed by atoms with Crippen molar-refractivity contribution in [3.8, 4) is 5.75 Å². The summed E-state index contributed by atoms with van der Waals surface area (Å²) in [5, 5.41) is 0. The normalized spacial score (nSPS) is 18.9. The Hall–Kier alpha value is -0.690. The zero-order chi connectivity index (χ0) is 10.7. The Morgan fingerprint density at radius 1 is 1.33 bits per heavy atom. The lowest BCUT2D eigenvalue weighted by Crippen LogP contribution is -1.99. The molecule has 1 aliphatic rings. The molecule has 1 unspecified atom stereocenters. The Bertz CT molecular complexity index is 335. The van der Waals surface area contributed by atoms with Crippen molar-refractivity contribution in [1.29, 1.82) is 0 Å². The molecule has 0 aliphatic heterocycles. The Balaban J connectivity index is 2.03. The fourth-order valence-corrected chi connectivity index (χ4v) is 2.54. The molecule has 1 nitrogen and oxygen atoms in total. The van der Waals surface area contributed by atoms with Crippen LogP contribution in [0.1, 0.15) is 24.0 Å². The van der Waals surface area contributed by atoms with Crippen LogP contribution in [0, 0.1) is 5.92 Å². The van der Waals surface area contributed by atoms with Crippen LogP contribution in [0.4, 0.5) is 0 Å². The molecule has 0 saturated heterocycles. The van der Waals surface area contributed by atoms with Gasteiger partial charge in [0.2, 0.25) is 0 Å². The Kier molecular flexibility index (Phi) is 3.53.